The number of imidazole rings is 1. The molecule has 1 saturated heterocycles. The largest absolute Gasteiger partial charge is 0.337 e. The first-order valence-corrected chi connectivity index (χ1v) is 9.10. The summed E-state index contributed by atoms with van der Waals surface area (Å²) in [7, 11) is 0. The molecule has 0 spiro atoms. The zero-order valence-electron chi connectivity index (χ0n) is 10.9. The van der Waals surface area contributed by atoms with E-state index in [1.54, 1.807) is 0 Å². The van der Waals surface area contributed by atoms with Gasteiger partial charge in [0.25, 0.3) is 0 Å². The topological polar surface area (TPSA) is 17.8 Å². The molecule has 2 nitrogen and oxygen atoms in total. The normalized spacial score (nSPS) is 24.4. The second-order valence-corrected chi connectivity index (χ2v) is 8.50. The molecule has 3 rings (SSSR count). The van der Waals surface area contributed by atoms with Gasteiger partial charge in [-0.15, -0.1) is 23.5 Å². The first-order valence-electron chi connectivity index (χ1n) is 7.13. The zero-order chi connectivity index (χ0) is 12.3. The van der Waals surface area contributed by atoms with Gasteiger partial charge in [-0.25, -0.2) is 4.98 Å². The van der Waals surface area contributed by atoms with E-state index in [0.29, 0.717) is 4.08 Å². The molecule has 0 bridgehead atoms. The van der Waals surface area contributed by atoms with Crippen molar-refractivity contribution in [2.45, 2.75) is 49.1 Å². The smallest absolute Gasteiger partial charge is 0.0945 e. The van der Waals surface area contributed by atoms with Crippen LogP contribution in [0.15, 0.2) is 18.7 Å². The monoisotopic (exact) mass is 282 g/mol. The number of hydrogen-bond donors (Lipinski definition) is 0. The van der Waals surface area contributed by atoms with Gasteiger partial charge in [0, 0.05) is 30.4 Å². The minimum atomic E-state index is 0.519. The van der Waals surface area contributed by atoms with Crippen molar-refractivity contribution in [1.29, 1.82) is 0 Å². The Kier molecular flexibility index (Phi) is 4.24. The number of aryl methyl sites for hydroxylation is 1. The molecule has 2 aliphatic rings. The molecule has 0 unspecified atom stereocenters. The Balaban J connectivity index is 1.66. The molecule has 1 aliphatic carbocycles. The van der Waals surface area contributed by atoms with Crippen molar-refractivity contribution in [3.8, 4) is 0 Å². The third-order valence-electron chi connectivity index (χ3n) is 4.28. The minimum Gasteiger partial charge on any atom is -0.337 e. The SMILES string of the molecule is c1cn(CCC2(C3CCCCC3)SCCS2)cn1. The molecule has 1 saturated carbocycles. The summed E-state index contributed by atoms with van der Waals surface area (Å²) in [5.74, 6) is 3.66. The highest BCUT2D eigenvalue weighted by Crippen LogP contribution is 2.55. The molecule has 0 radical (unpaired) electrons. The van der Waals surface area contributed by atoms with Crippen molar-refractivity contribution < 1.29 is 0 Å². The molecule has 2 fully saturated rings. The first-order chi connectivity index (χ1) is 8.89. The number of aromatic nitrogens is 2. The summed E-state index contributed by atoms with van der Waals surface area (Å²) in [5, 5.41) is 0. The molecule has 1 aromatic rings. The summed E-state index contributed by atoms with van der Waals surface area (Å²) in [6.07, 6.45) is 14.6. The van der Waals surface area contributed by atoms with Crippen molar-refractivity contribution in [3.05, 3.63) is 18.7 Å². The van der Waals surface area contributed by atoms with Crippen LogP contribution in [0.25, 0.3) is 0 Å². The van der Waals surface area contributed by atoms with Crippen molar-refractivity contribution in [1.82, 2.24) is 9.55 Å². The fourth-order valence-corrected chi connectivity index (χ4v) is 6.91. The van der Waals surface area contributed by atoms with Crippen LogP contribution in [0.1, 0.15) is 38.5 Å². The van der Waals surface area contributed by atoms with Crippen molar-refractivity contribution >= 4 is 23.5 Å². The van der Waals surface area contributed by atoms with Crippen LogP contribution >= 0.6 is 23.5 Å². The van der Waals surface area contributed by atoms with Gasteiger partial charge in [0.2, 0.25) is 0 Å². The van der Waals surface area contributed by atoms with Crippen LogP contribution in [-0.4, -0.2) is 25.1 Å². The summed E-state index contributed by atoms with van der Waals surface area (Å²) < 4.78 is 2.76. The van der Waals surface area contributed by atoms with E-state index in [2.05, 4.69) is 39.3 Å². The van der Waals surface area contributed by atoms with Crippen LogP contribution in [-0.2, 0) is 6.54 Å². The Morgan fingerprint density at radius 2 is 1.94 bits per heavy atom. The lowest BCUT2D eigenvalue weighted by Gasteiger charge is -2.38. The summed E-state index contributed by atoms with van der Waals surface area (Å²) >= 11 is 4.49. The van der Waals surface area contributed by atoms with E-state index in [1.807, 2.05) is 12.5 Å². The molecule has 4 heteroatoms. The number of thioether (sulfide) groups is 2. The van der Waals surface area contributed by atoms with Gasteiger partial charge in [-0.05, 0) is 25.2 Å². The van der Waals surface area contributed by atoms with Gasteiger partial charge in [0.05, 0.1) is 10.4 Å². The first kappa shape index (κ1) is 12.9. The summed E-state index contributed by atoms with van der Waals surface area (Å²) in [6, 6.07) is 0. The Labute approximate surface area is 118 Å². The van der Waals surface area contributed by atoms with Crippen molar-refractivity contribution in [2.24, 2.45) is 5.92 Å². The van der Waals surface area contributed by atoms with Crippen molar-refractivity contribution in [2.75, 3.05) is 11.5 Å². The molecule has 0 aromatic carbocycles. The second-order valence-electron chi connectivity index (χ2n) is 5.39. The predicted octanol–water partition coefficient (Wildman–Crippen LogP) is 4.03. The standard InChI is InChI=1S/C14H22N2S2/c1-2-4-13(5-3-1)14(17-10-11-18-14)6-8-16-9-7-15-12-16/h7,9,12-13H,1-6,8,10-11H2. The molecular formula is C14H22N2S2. The van der Waals surface area contributed by atoms with Crippen LogP contribution in [0.2, 0.25) is 0 Å². The predicted molar refractivity (Wildman–Crippen MR) is 81.1 cm³/mol. The van der Waals surface area contributed by atoms with Crippen molar-refractivity contribution in [3.63, 3.8) is 0 Å². The lowest BCUT2D eigenvalue weighted by Crippen LogP contribution is -2.32. The number of hydrogen-bond acceptors (Lipinski definition) is 3. The molecule has 1 aromatic heterocycles. The molecule has 100 valence electrons. The summed E-state index contributed by atoms with van der Waals surface area (Å²) in [5.41, 5.74) is 0. The molecule has 18 heavy (non-hydrogen) atoms. The lowest BCUT2D eigenvalue weighted by molar-refractivity contribution is 0.319. The van der Waals surface area contributed by atoms with Crippen LogP contribution < -0.4 is 0 Å². The fraction of sp³-hybridized carbons (Fsp3) is 0.786. The maximum Gasteiger partial charge on any atom is 0.0945 e. The molecule has 0 N–H and O–H groups in total. The molecule has 1 aliphatic heterocycles. The summed E-state index contributed by atoms with van der Waals surface area (Å²) in [4.78, 5) is 4.15. The number of rotatable bonds is 4. The van der Waals surface area contributed by atoms with Crippen LogP contribution in [0.5, 0.6) is 0 Å². The zero-order valence-corrected chi connectivity index (χ0v) is 12.5. The average Bonchev–Trinajstić information content (AvgIpc) is 3.10. The van der Waals surface area contributed by atoms with E-state index < -0.39 is 0 Å². The Morgan fingerprint density at radius 3 is 2.61 bits per heavy atom. The van der Waals surface area contributed by atoms with E-state index in [-0.39, 0.29) is 0 Å². The maximum atomic E-state index is 4.15. The third kappa shape index (κ3) is 2.74. The highest BCUT2D eigenvalue weighted by atomic mass is 32.2. The van der Waals surface area contributed by atoms with Gasteiger partial charge < -0.3 is 4.57 Å². The van der Waals surface area contributed by atoms with Gasteiger partial charge in [-0.2, -0.15) is 0 Å². The average molecular weight is 282 g/mol. The van der Waals surface area contributed by atoms with E-state index >= 15 is 0 Å². The van der Waals surface area contributed by atoms with Gasteiger partial charge in [0.15, 0.2) is 0 Å². The van der Waals surface area contributed by atoms with E-state index in [9.17, 15) is 0 Å². The minimum absolute atomic E-state index is 0.519. The Hall–Kier alpha value is -0.0900. The van der Waals surface area contributed by atoms with Crippen LogP contribution in [0, 0.1) is 5.92 Å². The van der Waals surface area contributed by atoms with E-state index in [1.165, 1.54) is 50.0 Å². The van der Waals surface area contributed by atoms with Crippen LogP contribution in [0.4, 0.5) is 0 Å². The Morgan fingerprint density at radius 1 is 1.17 bits per heavy atom. The van der Waals surface area contributed by atoms with E-state index in [0.717, 1.165) is 12.5 Å². The van der Waals surface area contributed by atoms with Crippen LogP contribution in [0.3, 0.4) is 0 Å². The number of nitrogens with zero attached hydrogens (tertiary/aromatic N) is 2. The maximum absolute atomic E-state index is 4.15. The van der Waals surface area contributed by atoms with Gasteiger partial charge in [-0.1, -0.05) is 19.3 Å². The molecular weight excluding hydrogens is 260 g/mol. The highest BCUT2D eigenvalue weighted by Gasteiger charge is 2.42. The lowest BCUT2D eigenvalue weighted by atomic mass is 9.85. The third-order valence-corrected chi connectivity index (χ3v) is 8.12. The highest BCUT2D eigenvalue weighted by molar-refractivity contribution is 8.21. The summed E-state index contributed by atoms with van der Waals surface area (Å²) in [6.45, 7) is 1.14. The van der Waals surface area contributed by atoms with E-state index in [4.69, 9.17) is 0 Å². The quantitative estimate of drug-likeness (QED) is 0.830. The molecule has 0 atom stereocenters. The molecule has 0 amide bonds. The fourth-order valence-electron chi connectivity index (χ4n) is 3.30. The second kappa shape index (κ2) is 5.91. The Bertz CT molecular complexity index is 352. The van der Waals surface area contributed by atoms with Gasteiger partial charge >= 0.3 is 0 Å². The van der Waals surface area contributed by atoms with Gasteiger partial charge in [-0.3, -0.25) is 0 Å². The van der Waals surface area contributed by atoms with Gasteiger partial charge in [0.1, 0.15) is 0 Å². The molecule has 2 heterocycles.